The fourth-order valence-corrected chi connectivity index (χ4v) is 5.35. The van der Waals surface area contributed by atoms with Crippen LogP contribution in [0.15, 0.2) is 0 Å². The molecule has 8 heteroatoms. The van der Waals surface area contributed by atoms with Crippen LogP contribution in [0.4, 0.5) is 4.79 Å². The fourth-order valence-electron chi connectivity index (χ4n) is 5.35. The minimum Gasteiger partial charge on any atom is -0.372 e. The summed E-state index contributed by atoms with van der Waals surface area (Å²) in [5.74, 6) is 0.585. The van der Waals surface area contributed by atoms with Crippen LogP contribution >= 0.6 is 0 Å². The topological polar surface area (TPSA) is 82.2 Å². The molecule has 2 unspecified atom stereocenters. The van der Waals surface area contributed by atoms with Gasteiger partial charge in [0.2, 0.25) is 11.8 Å². The lowest BCUT2D eigenvalue weighted by Gasteiger charge is -2.39. The van der Waals surface area contributed by atoms with E-state index < -0.39 is 0 Å². The zero-order valence-corrected chi connectivity index (χ0v) is 20.3. The first-order chi connectivity index (χ1) is 15.3. The number of urea groups is 1. The summed E-state index contributed by atoms with van der Waals surface area (Å²) in [4.78, 5) is 44.0. The Kier molecular flexibility index (Phi) is 8.79. The number of morpholine rings is 1. The molecule has 3 aliphatic heterocycles. The monoisotopic (exact) mass is 450 g/mol. The third kappa shape index (κ3) is 6.15. The minimum atomic E-state index is -0.0331. The molecule has 0 radical (unpaired) electrons. The van der Waals surface area contributed by atoms with E-state index in [-0.39, 0.29) is 47.9 Å². The van der Waals surface area contributed by atoms with Crippen LogP contribution in [0.1, 0.15) is 66.2 Å². The molecule has 3 saturated heterocycles. The molecule has 2 atom stereocenters. The third-order valence-corrected chi connectivity index (χ3v) is 7.33. The van der Waals surface area contributed by atoms with E-state index in [2.05, 4.69) is 19.2 Å². The van der Waals surface area contributed by atoms with Crippen molar-refractivity contribution in [3.05, 3.63) is 0 Å². The summed E-state index contributed by atoms with van der Waals surface area (Å²) in [5, 5.41) is 3.16. The van der Waals surface area contributed by atoms with Crippen molar-refractivity contribution in [2.45, 2.75) is 84.5 Å². The van der Waals surface area contributed by atoms with Gasteiger partial charge in [-0.25, -0.2) is 4.79 Å². The average Bonchev–Trinajstić information content (AvgIpc) is 2.79. The van der Waals surface area contributed by atoms with Gasteiger partial charge in [-0.15, -0.1) is 0 Å². The van der Waals surface area contributed by atoms with Crippen LogP contribution in [0.2, 0.25) is 0 Å². The van der Waals surface area contributed by atoms with Crippen LogP contribution in [-0.2, 0) is 14.3 Å². The summed E-state index contributed by atoms with van der Waals surface area (Å²) in [5.41, 5.74) is 0. The second-order valence-electron chi connectivity index (χ2n) is 9.82. The molecule has 3 aliphatic rings. The maximum Gasteiger partial charge on any atom is 0.317 e. The highest BCUT2D eigenvalue weighted by Crippen LogP contribution is 2.23. The molecule has 182 valence electrons. The SMILES string of the molecule is CCC(CC)C(=O)N1CCC(NC(=O)N2CCC(C(=O)N3CC(C)OC(C)C3)CC2)CC1. The molecular formula is C24H42N4O4. The van der Waals surface area contributed by atoms with Crippen molar-refractivity contribution in [2.75, 3.05) is 39.3 Å². The lowest BCUT2D eigenvalue weighted by atomic mass is 9.94. The highest BCUT2D eigenvalue weighted by atomic mass is 16.5. The van der Waals surface area contributed by atoms with Crippen LogP contribution in [0.5, 0.6) is 0 Å². The van der Waals surface area contributed by atoms with Gasteiger partial charge >= 0.3 is 6.03 Å². The van der Waals surface area contributed by atoms with Crippen LogP contribution in [0.25, 0.3) is 0 Å². The number of nitrogens with one attached hydrogen (secondary N) is 1. The van der Waals surface area contributed by atoms with Gasteiger partial charge in [0.05, 0.1) is 12.2 Å². The van der Waals surface area contributed by atoms with E-state index in [0.29, 0.717) is 39.3 Å². The molecule has 0 aromatic rings. The second-order valence-corrected chi connectivity index (χ2v) is 9.82. The van der Waals surface area contributed by atoms with Gasteiger partial charge in [-0.1, -0.05) is 13.8 Å². The summed E-state index contributed by atoms with van der Waals surface area (Å²) in [7, 11) is 0. The smallest absolute Gasteiger partial charge is 0.317 e. The number of likely N-dealkylation sites (tertiary alicyclic amines) is 2. The Bertz CT molecular complexity index is 642. The van der Waals surface area contributed by atoms with Crippen molar-refractivity contribution < 1.29 is 19.1 Å². The molecule has 0 aromatic carbocycles. The van der Waals surface area contributed by atoms with Crippen molar-refractivity contribution in [1.82, 2.24) is 20.0 Å². The molecule has 32 heavy (non-hydrogen) atoms. The highest BCUT2D eigenvalue weighted by Gasteiger charge is 2.34. The number of carbonyl (C=O) groups is 3. The summed E-state index contributed by atoms with van der Waals surface area (Å²) in [6.45, 7) is 12.1. The van der Waals surface area contributed by atoms with Crippen LogP contribution < -0.4 is 5.32 Å². The molecule has 1 N–H and O–H groups in total. The Morgan fingerprint density at radius 3 is 1.91 bits per heavy atom. The Morgan fingerprint density at radius 2 is 1.38 bits per heavy atom. The van der Waals surface area contributed by atoms with Gasteiger partial charge in [0.1, 0.15) is 0 Å². The zero-order valence-electron chi connectivity index (χ0n) is 20.3. The number of carbonyl (C=O) groups excluding carboxylic acids is 3. The quantitative estimate of drug-likeness (QED) is 0.698. The molecular weight excluding hydrogens is 408 g/mol. The summed E-state index contributed by atoms with van der Waals surface area (Å²) >= 11 is 0. The number of nitrogens with zero attached hydrogens (tertiary/aromatic N) is 3. The van der Waals surface area contributed by atoms with E-state index in [1.165, 1.54) is 0 Å². The van der Waals surface area contributed by atoms with E-state index in [9.17, 15) is 14.4 Å². The Hall–Kier alpha value is -1.83. The Balaban J connectivity index is 1.40. The highest BCUT2D eigenvalue weighted by molar-refractivity contribution is 5.80. The standard InChI is InChI=1S/C24H42N4O4/c1-5-19(6-2)22(29)26-13-9-21(10-14-26)25-24(31)27-11-7-20(8-12-27)23(30)28-15-17(3)32-18(4)16-28/h17-21H,5-16H2,1-4H3,(H,25,31). The average molecular weight is 451 g/mol. The lowest BCUT2D eigenvalue weighted by molar-refractivity contribution is -0.148. The van der Waals surface area contributed by atoms with Gasteiger partial charge in [0.15, 0.2) is 0 Å². The Morgan fingerprint density at radius 1 is 0.844 bits per heavy atom. The molecule has 0 bridgehead atoms. The van der Waals surface area contributed by atoms with Crippen molar-refractivity contribution in [3.63, 3.8) is 0 Å². The first-order valence-electron chi connectivity index (χ1n) is 12.6. The second kappa shape index (κ2) is 11.3. The summed E-state index contributed by atoms with van der Waals surface area (Å²) < 4.78 is 5.74. The first kappa shape index (κ1) is 24.8. The zero-order chi connectivity index (χ0) is 23.3. The molecule has 0 aromatic heterocycles. The van der Waals surface area contributed by atoms with Crippen molar-refractivity contribution in [2.24, 2.45) is 11.8 Å². The van der Waals surface area contributed by atoms with Crippen LogP contribution in [0, 0.1) is 11.8 Å². The van der Waals surface area contributed by atoms with Crippen molar-refractivity contribution >= 4 is 17.8 Å². The number of hydrogen-bond acceptors (Lipinski definition) is 4. The van der Waals surface area contributed by atoms with Crippen molar-refractivity contribution in [3.8, 4) is 0 Å². The van der Waals surface area contributed by atoms with E-state index >= 15 is 0 Å². The normalized spacial score (nSPS) is 25.8. The van der Waals surface area contributed by atoms with Crippen molar-refractivity contribution in [1.29, 1.82) is 0 Å². The number of amides is 4. The third-order valence-electron chi connectivity index (χ3n) is 7.33. The molecule has 8 nitrogen and oxygen atoms in total. The molecule has 0 spiro atoms. The molecule has 0 aliphatic carbocycles. The van der Waals surface area contributed by atoms with E-state index in [1.54, 1.807) is 0 Å². The number of hydrogen-bond donors (Lipinski definition) is 1. The predicted octanol–water partition coefficient (Wildman–Crippen LogP) is 2.47. The first-order valence-corrected chi connectivity index (χ1v) is 12.6. The molecule has 3 rings (SSSR count). The largest absolute Gasteiger partial charge is 0.372 e. The van der Waals surface area contributed by atoms with Crippen LogP contribution in [-0.4, -0.2) is 90.1 Å². The van der Waals surface area contributed by atoms with E-state index in [1.807, 2.05) is 28.5 Å². The van der Waals surface area contributed by atoms with E-state index in [4.69, 9.17) is 4.74 Å². The fraction of sp³-hybridized carbons (Fsp3) is 0.875. The van der Waals surface area contributed by atoms with Gasteiger partial charge in [-0.05, 0) is 52.4 Å². The molecule has 0 saturated carbocycles. The maximum atomic E-state index is 12.9. The predicted molar refractivity (Wildman–Crippen MR) is 123 cm³/mol. The van der Waals surface area contributed by atoms with Gasteiger partial charge in [0, 0.05) is 57.1 Å². The number of rotatable bonds is 5. The maximum absolute atomic E-state index is 12.9. The van der Waals surface area contributed by atoms with Crippen LogP contribution in [0.3, 0.4) is 0 Å². The van der Waals surface area contributed by atoms with Gasteiger partial charge in [0.25, 0.3) is 0 Å². The summed E-state index contributed by atoms with van der Waals surface area (Å²) in [6, 6.07) is 0.0817. The summed E-state index contributed by atoms with van der Waals surface area (Å²) in [6.07, 6.45) is 4.96. The molecule has 3 fully saturated rings. The van der Waals surface area contributed by atoms with E-state index in [0.717, 1.165) is 38.5 Å². The molecule has 3 heterocycles. The number of ether oxygens (including phenoxy) is 1. The van der Waals surface area contributed by atoms with Gasteiger partial charge in [-0.3, -0.25) is 9.59 Å². The van der Waals surface area contributed by atoms with Gasteiger partial charge < -0.3 is 24.8 Å². The minimum absolute atomic E-state index is 0.00382. The Labute approximate surface area is 193 Å². The number of piperidine rings is 2. The van der Waals surface area contributed by atoms with Gasteiger partial charge in [-0.2, -0.15) is 0 Å². The molecule has 4 amide bonds. The lowest BCUT2D eigenvalue weighted by Crippen LogP contribution is -2.54.